The number of phenols is 1. The summed E-state index contributed by atoms with van der Waals surface area (Å²) < 4.78 is 0. The number of carbonyl (C=O) groups excluding carboxylic acids is 1. The molecule has 2 fully saturated rings. The summed E-state index contributed by atoms with van der Waals surface area (Å²) in [5.41, 5.74) is 0.991. The van der Waals surface area contributed by atoms with E-state index in [1.165, 1.54) is 5.56 Å². The smallest absolute Gasteiger partial charge is 0.140 e. The summed E-state index contributed by atoms with van der Waals surface area (Å²) >= 11 is 0. The predicted octanol–water partition coefficient (Wildman–Crippen LogP) is 3.43. The van der Waals surface area contributed by atoms with E-state index >= 15 is 0 Å². The molecule has 0 aromatic heterocycles. The largest absolute Gasteiger partial charge is 0.508 e. The fourth-order valence-corrected chi connectivity index (χ4v) is 4.27. The van der Waals surface area contributed by atoms with Crippen molar-refractivity contribution in [3.05, 3.63) is 29.8 Å². The molecule has 96 valence electrons. The first-order chi connectivity index (χ1) is 8.33. The second kappa shape index (κ2) is 3.17. The van der Waals surface area contributed by atoms with E-state index in [1.54, 1.807) is 12.1 Å². The van der Waals surface area contributed by atoms with Gasteiger partial charge < -0.3 is 5.11 Å². The van der Waals surface area contributed by atoms with E-state index in [0.717, 1.165) is 12.8 Å². The molecule has 2 saturated carbocycles. The zero-order chi connectivity index (χ0) is 13.2. The van der Waals surface area contributed by atoms with Crippen molar-refractivity contribution in [1.82, 2.24) is 0 Å². The Kier molecular flexibility index (Phi) is 2.07. The van der Waals surface area contributed by atoms with Gasteiger partial charge in [-0.3, -0.25) is 4.79 Å². The molecule has 2 aliphatic carbocycles. The van der Waals surface area contributed by atoms with Gasteiger partial charge in [0.25, 0.3) is 0 Å². The van der Waals surface area contributed by atoms with Crippen LogP contribution >= 0.6 is 0 Å². The summed E-state index contributed by atoms with van der Waals surface area (Å²) in [5.74, 6) is 0.699. The summed E-state index contributed by atoms with van der Waals surface area (Å²) in [6, 6.07) is 7.44. The van der Waals surface area contributed by atoms with Crippen LogP contribution < -0.4 is 0 Å². The Hall–Kier alpha value is -1.31. The van der Waals surface area contributed by atoms with Gasteiger partial charge in [0.1, 0.15) is 11.5 Å². The van der Waals surface area contributed by atoms with Gasteiger partial charge in [0.05, 0.1) is 0 Å². The van der Waals surface area contributed by atoms with Gasteiger partial charge in [0.15, 0.2) is 0 Å². The normalized spacial score (nSPS) is 37.2. The molecule has 2 atom stereocenters. The third kappa shape index (κ3) is 1.07. The van der Waals surface area contributed by atoms with Crippen molar-refractivity contribution < 1.29 is 9.90 Å². The molecule has 0 heterocycles. The van der Waals surface area contributed by atoms with Crippen molar-refractivity contribution in [3.63, 3.8) is 0 Å². The van der Waals surface area contributed by atoms with E-state index in [2.05, 4.69) is 20.8 Å². The van der Waals surface area contributed by atoms with E-state index in [9.17, 15) is 9.90 Å². The maximum atomic E-state index is 12.4. The Morgan fingerprint density at radius 2 is 1.67 bits per heavy atom. The molecule has 0 amide bonds. The first-order valence-corrected chi connectivity index (χ1v) is 6.66. The van der Waals surface area contributed by atoms with Crippen molar-refractivity contribution in [1.29, 1.82) is 0 Å². The van der Waals surface area contributed by atoms with Crippen LogP contribution in [0.15, 0.2) is 24.3 Å². The molecule has 2 nitrogen and oxygen atoms in total. The third-order valence-corrected chi connectivity index (χ3v) is 6.13. The van der Waals surface area contributed by atoms with E-state index in [1.807, 2.05) is 12.1 Å². The number of hydrogen-bond donors (Lipinski definition) is 1. The van der Waals surface area contributed by atoms with Crippen molar-refractivity contribution in [2.24, 2.45) is 10.8 Å². The zero-order valence-corrected chi connectivity index (χ0v) is 11.3. The maximum Gasteiger partial charge on any atom is 0.140 e. The topological polar surface area (TPSA) is 37.3 Å². The van der Waals surface area contributed by atoms with Crippen LogP contribution in [-0.4, -0.2) is 10.9 Å². The number of aromatic hydroxyl groups is 1. The van der Waals surface area contributed by atoms with E-state index in [-0.39, 0.29) is 22.0 Å². The van der Waals surface area contributed by atoms with Crippen molar-refractivity contribution in [2.45, 2.75) is 45.4 Å². The molecule has 0 aliphatic heterocycles. The van der Waals surface area contributed by atoms with Gasteiger partial charge in [0.2, 0.25) is 0 Å². The van der Waals surface area contributed by atoms with Gasteiger partial charge in [-0.25, -0.2) is 0 Å². The number of rotatable bonds is 1. The van der Waals surface area contributed by atoms with Crippen LogP contribution in [0.5, 0.6) is 5.75 Å². The molecule has 0 radical (unpaired) electrons. The van der Waals surface area contributed by atoms with Gasteiger partial charge in [-0.2, -0.15) is 0 Å². The highest BCUT2D eigenvalue weighted by Gasteiger charge is 2.69. The molecule has 1 aromatic rings. The lowest BCUT2D eigenvalue weighted by atomic mass is 9.62. The summed E-state index contributed by atoms with van der Waals surface area (Å²) in [6.07, 6.45) is 2.72. The number of carbonyl (C=O) groups is 1. The lowest BCUT2D eigenvalue weighted by molar-refractivity contribution is -0.128. The fourth-order valence-electron chi connectivity index (χ4n) is 4.27. The van der Waals surface area contributed by atoms with E-state index in [0.29, 0.717) is 12.2 Å². The first kappa shape index (κ1) is 11.8. The Morgan fingerprint density at radius 1 is 1.06 bits per heavy atom. The Morgan fingerprint density at radius 3 is 2.11 bits per heavy atom. The lowest BCUT2D eigenvalue weighted by Gasteiger charge is -2.40. The monoisotopic (exact) mass is 244 g/mol. The van der Waals surface area contributed by atoms with E-state index < -0.39 is 0 Å². The second-order valence-corrected chi connectivity index (χ2v) is 6.69. The fraction of sp³-hybridized carbons (Fsp3) is 0.562. The Labute approximate surface area is 108 Å². The van der Waals surface area contributed by atoms with Crippen LogP contribution in [0.1, 0.15) is 45.6 Å². The Bertz CT molecular complexity index is 514. The highest BCUT2D eigenvalue weighted by Crippen LogP contribution is 2.70. The first-order valence-electron chi connectivity index (χ1n) is 6.66. The number of fused-ring (bicyclic) bond motifs is 2. The summed E-state index contributed by atoms with van der Waals surface area (Å²) in [4.78, 5) is 12.4. The molecule has 1 N–H and O–H groups in total. The van der Waals surface area contributed by atoms with Crippen molar-refractivity contribution in [3.8, 4) is 5.75 Å². The average Bonchev–Trinajstić information content (AvgIpc) is 2.60. The molecule has 2 heteroatoms. The predicted molar refractivity (Wildman–Crippen MR) is 70.5 cm³/mol. The number of Topliss-reactive ketones (excluding diaryl/α,β-unsaturated/α-hetero) is 1. The molecule has 1 aromatic carbocycles. The molecule has 2 bridgehead atoms. The SMILES string of the molecule is CC1(C)[C@@]2(c3ccc(O)cc3)CC[C@]1(C)C(=O)C2. The quantitative estimate of drug-likeness (QED) is 0.821. The standard InChI is InChI=1S/C16H20O2/c1-14(2)15(3)8-9-16(14,10-13(15)18)11-4-6-12(17)7-5-11/h4-7,17H,8-10H2,1-3H3/t15-,16+/m1/s1. The molecule has 2 aliphatic rings. The number of phenolic OH excluding ortho intramolecular Hbond substituents is 1. The van der Waals surface area contributed by atoms with Crippen LogP contribution in [0.4, 0.5) is 0 Å². The van der Waals surface area contributed by atoms with Gasteiger partial charge in [-0.05, 0) is 36.0 Å². The van der Waals surface area contributed by atoms with Crippen molar-refractivity contribution >= 4 is 5.78 Å². The summed E-state index contributed by atoms with van der Waals surface area (Å²) in [5, 5.41) is 9.43. The molecule has 18 heavy (non-hydrogen) atoms. The van der Waals surface area contributed by atoms with Crippen LogP contribution in [0.25, 0.3) is 0 Å². The van der Waals surface area contributed by atoms with Gasteiger partial charge >= 0.3 is 0 Å². The van der Waals surface area contributed by atoms with Gasteiger partial charge in [-0.15, -0.1) is 0 Å². The van der Waals surface area contributed by atoms with Crippen LogP contribution in [0, 0.1) is 10.8 Å². The number of hydrogen-bond acceptors (Lipinski definition) is 2. The highest BCUT2D eigenvalue weighted by molar-refractivity contribution is 5.91. The third-order valence-electron chi connectivity index (χ3n) is 6.13. The molecular formula is C16H20O2. The summed E-state index contributed by atoms with van der Waals surface area (Å²) in [7, 11) is 0. The average molecular weight is 244 g/mol. The summed E-state index contributed by atoms with van der Waals surface area (Å²) in [6.45, 7) is 6.60. The maximum absolute atomic E-state index is 12.4. The number of benzene rings is 1. The number of ketones is 1. The molecular weight excluding hydrogens is 224 g/mol. The molecule has 0 saturated heterocycles. The van der Waals surface area contributed by atoms with Gasteiger partial charge in [-0.1, -0.05) is 32.9 Å². The van der Waals surface area contributed by atoms with Crippen LogP contribution in [-0.2, 0) is 10.2 Å². The second-order valence-electron chi connectivity index (χ2n) is 6.69. The van der Waals surface area contributed by atoms with E-state index in [4.69, 9.17) is 0 Å². The van der Waals surface area contributed by atoms with Gasteiger partial charge in [0, 0.05) is 17.3 Å². The molecule has 0 unspecified atom stereocenters. The zero-order valence-electron chi connectivity index (χ0n) is 11.3. The van der Waals surface area contributed by atoms with Crippen LogP contribution in [0.3, 0.4) is 0 Å². The minimum absolute atomic E-state index is 0.00590. The highest BCUT2D eigenvalue weighted by atomic mass is 16.3. The Balaban J connectivity index is 2.17. The minimum atomic E-state index is -0.176. The minimum Gasteiger partial charge on any atom is -0.508 e. The molecule has 3 rings (SSSR count). The molecule has 0 spiro atoms. The lowest BCUT2D eigenvalue weighted by Crippen LogP contribution is -2.38. The van der Waals surface area contributed by atoms with Crippen LogP contribution in [0.2, 0.25) is 0 Å². The van der Waals surface area contributed by atoms with Crippen molar-refractivity contribution in [2.75, 3.05) is 0 Å².